The second kappa shape index (κ2) is 5.46. The zero-order chi connectivity index (χ0) is 12.1. The van der Waals surface area contributed by atoms with Crippen molar-refractivity contribution in [3.05, 3.63) is 29.6 Å². The molecule has 0 radical (unpaired) electrons. The smallest absolute Gasteiger partial charge is 0.254 e. The van der Waals surface area contributed by atoms with E-state index in [0.717, 1.165) is 6.07 Å². The molecule has 1 amide bonds. The molecule has 1 rings (SSSR count). The van der Waals surface area contributed by atoms with Crippen LogP contribution in [-0.2, 0) is 4.74 Å². The van der Waals surface area contributed by atoms with E-state index in [1.807, 2.05) is 0 Å². The van der Waals surface area contributed by atoms with Crippen LogP contribution in [0.25, 0.3) is 0 Å². The number of nitrogens with one attached hydrogen (secondary N) is 1. The van der Waals surface area contributed by atoms with Crippen molar-refractivity contribution in [1.82, 2.24) is 5.32 Å². The van der Waals surface area contributed by atoms with E-state index in [9.17, 15) is 9.18 Å². The lowest BCUT2D eigenvalue weighted by Crippen LogP contribution is -2.36. The summed E-state index contributed by atoms with van der Waals surface area (Å²) in [7, 11) is 1.53. The molecule has 4 nitrogen and oxygen atoms in total. The standard InChI is InChI=1S/C11H15FN2O2/c1-7(6-16-2)14-11(15)9-4-3-8(13)5-10(9)12/h3-5,7H,6,13H2,1-2H3,(H,14,15). The number of carbonyl (C=O) groups is 1. The lowest BCUT2D eigenvalue weighted by Gasteiger charge is -2.13. The van der Waals surface area contributed by atoms with Gasteiger partial charge < -0.3 is 15.8 Å². The fraction of sp³-hybridized carbons (Fsp3) is 0.364. The number of ether oxygens (including phenoxy) is 1. The molecule has 1 aromatic rings. The summed E-state index contributed by atoms with van der Waals surface area (Å²) in [6.45, 7) is 2.15. The zero-order valence-corrected chi connectivity index (χ0v) is 9.29. The molecule has 1 atom stereocenters. The second-order valence-corrected chi connectivity index (χ2v) is 3.57. The SMILES string of the molecule is COCC(C)NC(=O)c1ccc(N)cc1F. The van der Waals surface area contributed by atoms with E-state index in [4.69, 9.17) is 10.5 Å². The summed E-state index contributed by atoms with van der Waals surface area (Å²) in [5.41, 5.74) is 5.66. The summed E-state index contributed by atoms with van der Waals surface area (Å²) < 4.78 is 18.2. The van der Waals surface area contributed by atoms with E-state index < -0.39 is 11.7 Å². The predicted octanol–water partition coefficient (Wildman–Crippen LogP) is 1.17. The molecule has 5 heteroatoms. The Balaban J connectivity index is 2.73. The van der Waals surface area contributed by atoms with Crippen LogP contribution in [0.1, 0.15) is 17.3 Å². The third-order valence-electron chi connectivity index (χ3n) is 2.03. The van der Waals surface area contributed by atoms with Gasteiger partial charge in [0.25, 0.3) is 5.91 Å². The molecule has 0 saturated carbocycles. The van der Waals surface area contributed by atoms with Crippen molar-refractivity contribution in [3.63, 3.8) is 0 Å². The Hall–Kier alpha value is -1.62. The van der Waals surface area contributed by atoms with E-state index >= 15 is 0 Å². The number of rotatable bonds is 4. The van der Waals surface area contributed by atoms with Gasteiger partial charge in [-0.15, -0.1) is 0 Å². The molecule has 0 aliphatic heterocycles. The molecule has 88 valence electrons. The second-order valence-electron chi connectivity index (χ2n) is 3.57. The number of nitrogens with two attached hydrogens (primary N) is 1. The number of benzene rings is 1. The highest BCUT2D eigenvalue weighted by molar-refractivity contribution is 5.94. The lowest BCUT2D eigenvalue weighted by atomic mass is 10.1. The number of anilines is 1. The van der Waals surface area contributed by atoms with Crippen LogP contribution in [0.2, 0.25) is 0 Å². The first-order chi connectivity index (χ1) is 7.54. The fourth-order valence-electron chi connectivity index (χ4n) is 1.31. The van der Waals surface area contributed by atoms with Gasteiger partial charge in [-0.05, 0) is 25.1 Å². The van der Waals surface area contributed by atoms with Gasteiger partial charge >= 0.3 is 0 Å². The van der Waals surface area contributed by atoms with Crippen molar-refractivity contribution in [3.8, 4) is 0 Å². The molecule has 16 heavy (non-hydrogen) atoms. The number of hydrogen-bond acceptors (Lipinski definition) is 3. The first-order valence-corrected chi connectivity index (χ1v) is 4.89. The lowest BCUT2D eigenvalue weighted by molar-refractivity contribution is 0.0901. The molecular weight excluding hydrogens is 211 g/mol. The maximum absolute atomic E-state index is 13.4. The first-order valence-electron chi connectivity index (χ1n) is 4.89. The number of halogens is 1. The van der Waals surface area contributed by atoms with Gasteiger partial charge in [-0.1, -0.05) is 0 Å². The summed E-state index contributed by atoms with van der Waals surface area (Å²) in [6.07, 6.45) is 0. The van der Waals surface area contributed by atoms with Gasteiger partial charge in [-0.2, -0.15) is 0 Å². The van der Waals surface area contributed by atoms with E-state index in [1.165, 1.54) is 19.2 Å². The molecule has 0 spiro atoms. The van der Waals surface area contributed by atoms with Crippen molar-refractivity contribution in [2.45, 2.75) is 13.0 Å². The maximum atomic E-state index is 13.4. The Morgan fingerprint density at radius 1 is 1.62 bits per heavy atom. The highest BCUT2D eigenvalue weighted by Gasteiger charge is 2.13. The van der Waals surface area contributed by atoms with Gasteiger partial charge in [0.2, 0.25) is 0 Å². The Kier molecular flexibility index (Phi) is 4.25. The Morgan fingerprint density at radius 3 is 2.88 bits per heavy atom. The van der Waals surface area contributed by atoms with Crippen LogP contribution in [0.4, 0.5) is 10.1 Å². The van der Waals surface area contributed by atoms with E-state index in [0.29, 0.717) is 12.3 Å². The van der Waals surface area contributed by atoms with Crippen LogP contribution in [-0.4, -0.2) is 25.7 Å². The normalized spacial score (nSPS) is 12.2. The van der Waals surface area contributed by atoms with Crippen LogP contribution in [0, 0.1) is 5.82 Å². The molecule has 0 fully saturated rings. The highest BCUT2D eigenvalue weighted by Crippen LogP contribution is 2.11. The minimum Gasteiger partial charge on any atom is -0.399 e. The van der Waals surface area contributed by atoms with Crippen molar-refractivity contribution < 1.29 is 13.9 Å². The van der Waals surface area contributed by atoms with Crippen LogP contribution in [0.15, 0.2) is 18.2 Å². The quantitative estimate of drug-likeness (QED) is 0.757. The van der Waals surface area contributed by atoms with Gasteiger partial charge in [0.1, 0.15) is 5.82 Å². The van der Waals surface area contributed by atoms with Crippen molar-refractivity contribution in [2.75, 3.05) is 19.5 Å². The highest BCUT2D eigenvalue weighted by atomic mass is 19.1. The topological polar surface area (TPSA) is 64.3 Å². The molecule has 0 saturated heterocycles. The average molecular weight is 226 g/mol. The monoisotopic (exact) mass is 226 g/mol. The van der Waals surface area contributed by atoms with Gasteiger partial charge in [0.05, 0.1) is 12.2 Å². The summed E-state index contributed by atoms with van der Waals surface area (Å²) in [5, 5.41) is 2.61. The summed E-state index contributed by atoms with van der Waals surface area (Å²) in [6, 6.07) is 3.79. The van der Waals surface area contributed by atoms with E-state index in [2.05, 4.69) is 5.32 Å². The van der Waals surface area contributed by atoms with Crippen LogP contribution in [0.3, 0.4) is 0 Å². The molecule has 0 aliphatic rings. The molecule has 3 N–H and O–H groups in total. The first kappa shape index (κ1) is 12.4. The predicted molar refractivity (Wildman–Crippen MR) is 59.6 cm³/mol. The molecule has 1 unspecified atom stereocenters. The van der Waals surface area contributed by atoms with Gasteiger partial charge in [-0.25, -0.2) is 4.39 Å². The Bertz CT molecular complexity index is 382. The van der Waals surface area contributed by atoms with Crippen molar-refractivity contribution in [1.29, 1.82) is 0 Å². The molecule has 0 heterocycles. The number of methoxy groups -OCH3 is 1. The molecule has 0 aromatic heterocycles. The molecule has 0 aliphatic carbocycles. The van der Waals surface area contributed by atoms with E-state index in [-0.39, 0.29) is 11.6 Å². The van der Waals surface area contributed by atoms with Crippen molar-refractivity contribution >= 4 is 11.6 Å². The fourth-order valence-corrected chi connectivity index (χ4v) is 1.31. The van der Waals surface area contributed by atoms with Gasteiger partial charge in [0.15, 0.2) is 0 Å². The number of carbonyl (C=O) groups excluding carboxylic acids is 1. The molecular formula is C11H15FN2O2. The van der Waals surface area contributed by atoms with Crippen LogP contribution >= 0.6 is 0 Å². The molecule has 0 bridgehead atoms. The Labute approximate surface area is 93.6 Å². The van der Waals surface area contributed by atoms with Gasteiger partial charge in [0, 0.05) is 18.8 Å². The summed E-state index contributed by atoms with van der Waals surface area (Å²) in [4.78, 5) is 11.6. The largest absolute Gasteiger partial charge is 0.399 e. The van der Waals surface area contributed by atoms with Gasteiger partial charge in [-0.3, -0.25) is 4.79 Å². The maximum Gasteiger partial charge on any atom is 0.254 e. The van der Waals surface area contributed by atoms with E-state index in [1.54, 1.807) is 6.92 Å². The number of hydrogen-bond donors (Lipinski definition) is 2. The molecule has 1 aromatic carbocycles. The van der Waals surface area contributed by atoms with Crippen molar-refractivity contribution in [2.24, 2.45) is 0 Å². The third-order valence-corrected chi connectivity index (χ3v) is 2.03. The average Bonchev–Trinajstić information content (AvgIpc) is 2.17. The Morgan fingerprint density at radius 2 is 2.31 bits per heavy atom. The minimum atomic E-state index is -0.623. The minimum absolute atomic E-state index is 0.0165. The third kappa shape index (κ3) is 3.20. The summed E-state index contributed by atoms with van der Waals surface area (Å²) in [5.74, 6) is -1.09. The van der Waals surface area contributed by atoms with Crippen LogP contribution < -0.4 is 11.1 Å². The number of amides is 1. The number of nitrogen functional groups attached to an aromatic ring is 1. The van der Waals surface area contributed by atoms with Crippen LogP contribution in [0.5, 0.6) is 0 Å². The summed E-state index contributed by atoms with van der Waals surface area (Å²) >= 11 is 0. The zero-order valence-electron chi connectivity index (χ0n) is 9.29.